The van der Waals surface area contributed by atoms with Crippen LogP contribution in [0.1, 0.15) is 6.42 Å². The molecule has 2 aromatic carbocycles. The number of phenolic OH excluding ortho intramolecular Hbond substituents is 1. The van der Waals surface area contributed by atoms with Crippen molar-refractivity contribution in [2.75, 3.05) is 31.1 Å². The SMILES string of the molecule is O=C(CCn1nnc2ccccc2c1=O)N1CCN(c2ccccc2O)CC1. The molecule has 8 nitrogen and oxygen atoms in total. The van der Waals surface area contributed by atoms with Crippen molar-refractivity contribution in [3.05, 3.63) is 58.9 Å². The molecule has 0 aliphatic carbocycles. The van der Waals surface area contributed by atoms with Crippen LogP contribution in [0.15, 0.2) is 53.3 Å². The molecule has 28 heavy (non-hydrogen) atoms. The molecule has 1 aliphatic rings. The van der Waals surface area contributed by atoms with Gasteiger partial charge >= 0.3 is 0 Å². The number of hydrogen-bond donors (Lipinski definition) is 1. The van der Waals surface area contributed by atoms with Gasteiger partial charge in [0.15, 0.2) is 0 Å². The van der Waals surface area contributed by atoms with E-state index in [4.69, 9.17) is 0 Å². The monoisotopic (exact) mass is 379 g/mol. The molecule has 1 N–H and O–H groups in total. The van der Waals surface area contributed by atoms with E-state index in [0.717, 1.165) is 5.69 Å². The van der Waals surface area contributed by atoms with Gasteiger partial charge in [0.05, 0.1) is 17.6 Å². The van der Waals surface area contributed by atoms with Gasteiger partial charge in [-0.05, 0) is 24.3 Å². The van der Waals surface area contributed by atoms with Crippen molar-refractivity contribution in [2.45, 2.75) is 13.0 Å². The zero-order valence-electron chi connectivity index (χ0n) is 15.4. The number of amides is 1. The highest BCUT2D eigenvalue weighted by molar-refractivity contribution is 5.77. The number of hydrogen-bond acceptors (Lipinski definition) is 6. The van der Waals surface area contributed by atoms with E-state index in [1.807, 2.05) is 12.1 Å². The molecule has 0 spiro atoms. The van der Waals surface area contributed by atoms with Gasteiger partial charge in [-0.1, -0.05) is 29.5 Å². The van der Waals surface area contributed by atoms with Crippen LogP contribution >= 0.6 is 0 Å². The zero-order chi connectivity index (χ0) is 19.5. The van der Waals surface area contributed by atoms with Gasteiger partial charge in [-0.25, -0.2) is 4.68 Å². The third kappa shape index (κ3) is 3.53. The Morgan fingerprint density at radius 3 is 2.50 bits per heavy atom. The van der Waals surface area contributed by atoms with Gasteiger partial charge in [0, 0.05) is 32.6 Å². The summed E-state index contributed by atoms with van der Waals surface area (Å²) in [6.45, 7) is 2.66. The van der Waals surface area contributed by atoms with Crippen LogP contribution < -0.4 is 10.5 Å². The summed E-state index contributed by atoms with van der Waals surface area (Å²) >= 11 is 0. The molecule has 0 radical (unpaired) electrons. The van der Waals surface area contributed by atoms with Crippen molar-refractivity contribution in [2.24, 2.45) is 0 Å². The second-order valence-electron chi connectivity index (χ2n) is 6.74. The summed E-state index contributed by atoms with van der Waals surface area (Å²) in [5.41, 5.74) is 1.10. The number of nitrogens with zero attached hydrogens (tertiary/aromatic N) is 5. The summed E-state index contributed by atoms with van der Waals surface area (Å²) in [5, 5.41) is 18.5. The quantitative estimate of drug-likeness (QED) is 0.733. The number of phenols is 1. The lowest BCUT2D eigenvalue weighted by atomic mass is 10.2. The first-order valence-electron chi connectivity index (χ1n) is 9.27. The van der Waals surface area contributed by atoms with Gasteiger partial charge in [-0.3, -0.25) is 9.59 Å². The Morgan fingerprint density at radius 2 is 1.71 bits per heavy atom. The smallest absolute Gasteiger partial charge is 0.277 e. The van der Waals surface area contributed by atoms with Crippen molar-refractivity contribution in [3.63, 3.8) is 0 Å². The topological polar surface area (TPSA) is 91.6 Å². The van der Waals surface area contributed by atoms with E-state index in [9.17, 15) is 14.7 Å². The van der Waals surface area contributed by atoms with Gasteiger partial charge in [-0.15, -0.1) is 5.10 Å². The fraction of sp³-hybridized carbons (Fsp3) is 0.300. The van der Waals surface area contributed by atoms with E-state index in [2.05, 4.69) is 15.2 Å². The highest BCUT2D eigenvalue weighted by atomic mass is 16.3. The molecule has 1 amide bonds. The minimum absolute atomic E-state index is 0.0150. The molecule has 144 valence electrons. The molecule has 0 unspecified atom stereocenters. The number of carbonyl (C=O) groups excluding carboxylic acids is 1. The fourth-order valence-electron chi connectivity index (χ4n) is 3.46. The van der Waals surface area contributed by atoms with Crippen LogP contribution in [0.5, 0.6) is 5.75 Å². The van der Waals surface area contributed by atoms with Gasteiger partial charge in [0.2, 0.25) is 5.91 Å². The lowest BCUT2D eigenvalue weighted by Crippen LogP contribution is -2.49. The predicted molar refractivity (Wildman–Crippen MR) is 105 cm³/mol. The largest absolute Gasteiger partial charge is 0.506 e. The number of aromatic hydroxyl groups is 1. The molecular formula is C20H21N5O3. The number of piperazine rings is 1. The first kappa shape index (κ1) is 18.0. The van der Waals surface area contributed by atoms with Crippen molar-refractivity contribution < 1.29 is 9.90 Å². The number of aryl methyl sites for hydroxylation is 1. The summed E-state index contributed by atoms with van der Waals surface area (Å²) in [6.07, 6.45) is 0.198. The second kappa shape index (κ2) is 7.67. The van der Waals surface area contributed by atoms with E-state index >= 15 is 0 Å². The molecule has 0 bridgehead atoms. The first-order valence-corrected chi connectivity index (χ1v) is 9.27. The summed E-state index contributed by atoms with van der Waals surface area (Å²) in [5.74, 6) is 0.232. The van der Waals surface area contributed by atoms with Crippen molar-refractivity contribution in [1.82, 2.24) is 19.9 Å². The summed E-state index contributed by atoms with van der Waals surface area (Å²) in [6, 6.07) is 14.2. The van der Waals surface area contributed by atoms with Crippen LogP contribution in [0.25, 0.3) is 10.9 Å². The molecule has 3 aromatic rings. The van der Waals surface area contributed by atoms with E-state index in [1.54, 1.807) is 41.3 Å². The Balaban J connectivity index is 1.36. The second-order valence-corrected chi connectivity index (χ2v) is 6.74. The van der Waals surface area contributed by atoms with Gasteiger partial charge in [-0.2, -0.15) is 0 Å². The summed E-state index contributed by atoms with van der Waals surface area (Å²) < 4.78 is 1.25. The van der Waals surface area contributed by atoms with Crippen LogP contribution in [0.3, 0.4) is 0 Å². The number of benzene rings is 2. The maximum absolute atomic E-state index is 12.6. The standard InChI is InChI=1S/C20H21N5O3/c26-18-8-4-3-7-17(18)23-11-13-24(14-12-23)19(27)9-10-25-20(28)15-5-1-2-6-16(15)21-22-25/h1-8,26H,9-14H2. The minimum Gasteiger partial charge on any atom is -0.506 e. The van der Waals surface area contributed by atoms with Gasteiger partial charge < -0.3 is 14.9 Å². The van der Waals surface area contributed by atoms with E-state index in [-0.39, 0.29) is 30.2 Å². The number of rotatable bonds is 4. The molecule has 1 saturated heterocycles. The molecule has 1 aliphatic heterocycles. The number of fused-ring (bicyclic) bond motifs is 1. The minimum atomic E-state index is -0.234. The fourth-order valence-corrected chi connectivity index (χ4v) is 3.46. The zero-order valence-corrected chi connectivity index (χ0v) is 15.4. The van der Waals surface area contributed by atoms with Crippen molar-refractivity contribution in [3.8, 4) is 5.75 Å². The normalized spacial score (nSPS) is 14.4. The molecule has 1 aromatic heterocycles. The average molecular weight is 379 g/mol. The van der Waals surface area contributed by atoms with Gasteiger partial charge in [0.1, 0.15) is 11.3 Å². The predicted octanol–water partition coefficient (Wildman–Crippen LogP) is 1.24. The van der Waals surface area contributed by atoms with Crippen LogP contribution in [-0.4, -0.2) is 57.1 Å². The van der Waals surface area contributed by atoms with E-state index in [0.29, 0.717) is 37.1 Å². The highest BCUT2D eigenvalue weighted by Crippen LogP contribution is 2.27. The third-order valence-corrected chi connectivity index (χ3v) is 5.02. The summed E-state index contributed by atoms with van der Waals surface area (Å²) in [4.78, 5) is 28.9. The highest BCUT2D eigenvalue weighted by Gasteiger charge is 2.22. The Labute approximate surface area is 161 Å². The maximum atomic E-state index is 12.6. The number of aromatic nitrogens is 3. The molecule has 0 atom stereocenters. The lowest BCUT2D eigenvalue weighted by Gasteiger charge is -2.36. The van der Waals surface area contributed by atoms with Crippen LogP contribution in [0, 0.1) is 0 Å². The molecule has 4 rings (SSSR count). The number of carbonyl (C=O) groups is 1. The lowest BCUT2D eigenvalue weighted by molar-refractivity contribution is -0.131. The Morgan fingerprint density at radius 1 is 1.00 bits per heavy atom. The molecular weight excluding hydrogens is 358 g/mol. The van der Waals surface area contributed by atoms with Crippen LogP contribution in [0.4, 0.5) is 5.69 Å². The average Bonchev–Trinajstić information content (AvgIpc) is 2.74. The molecule has 2 heterocycles. The first-order chi connectivity index (χ1) is 13.6. The van der Waals surface area contributed by atoms with Gasteiger partial charge in [0.25, 0.3) is 5.56 Å². The van der Waals surface area contributed by atoms with E-state index in [1.165, 1.54) is 4.68 Å². The van der Waals surface area contributed by atoms with Crippen molar-refractivity contribution in [1.29, 1.82) is 0 Å². The van der Waals surface area contributed by atoms with Crippen LogP contribution in [-0.2, 0) is 11.3 Å². The molecule has 1 fully saturated rings. The van der Waals surface area contributed by atoms with Crippen molar-refractivity contribution >= 4 is 22.5 Å². The maximum Gasteiger partial charge on any atom is 0.277 e. The number of anilines is 1. The Hall–Kier alpha value is -3.42. The molecule has 0 saturated carbocycles. The molecule has 8 heteroatoms. The number of para-hydroxylation sites is 2. The Kier molecular flexibility index (Phi) is 4.92. The third-order valence-electron chi connectivity index (χ3n) is 5.02. The van der Waals surface area contributed by atoms with E-state index < -0.39 is 0 Å². The summed E-state index contributed by atoms with van der Waals surface area (Å²) in [7, 11) is 0. The van der Waals surface area contributed by atoms with Crippen LogP contribution in [0.2, 0.25) is 0 Å². The Bertz CT molecular complexity index is 1060.